The van der Waals surface area contributed by atoms with Gasteiger partial charge in [-0.2, -0.15) is 5.26 Å². The lowest BCUT2D eigenvalue weighted by Crippen LogP contribution is -2.26. The SMILES string of the molecule is CO[C@@H](C)[C@@H](N)c1nc2cc(-c3ccc(C#N)cc3)ccc2[nH]1. The molecule has 1 heterocycles. The van der Waals surface area contributed by atoms with Gasteiger partial charge in [-0.3, -0.25) is 0 Å². The summed E-state index contributed by atoms with van der Waals surface area (Å²) in [7, 11) is 1.64. The van der Waals surface area contributed by atoms with Gasteiger partial charge in [-0.25, -0.2) is 4.98 Å². The van der Waals surface area contributed by atoms with Crippen LogP contribution in [0.5, 0.6) is 0 Å². The number of H-pyrrole nitrogens is 1. The van der Waals surface area contributed by atoms with E-state index >= 15 is 0 Å². The van der Waals surface area contributed by atoms with Crippen LogP contribution in [0.3, 0.4) is 0 Å². The van der Waals surface area contributed by atoms with E-state index in [2.05, 4.69) is 16.0 Å². The Balaban J connectivity index is 1.97. The van der Waals surface area contributed by atoms with Crippen LogP contribution in [-0.4, -0.2) is 23.2 Å². The summed E-state index contributed by atoms with van der Waals surface area (Å²) >= 11 is 0. The van der Waals surface area contributed by atoms with Gasteiger partial charge in [0.05, 0.1) is 34.8 Å². The van der Waals surface area contributed by atoms with Crippen LogP contribution in [0.1, 0.15) is 24.4 Å². The summed E-state index contributed by atoms with van der Waals surface area (Å²) < 4.78 is 5.27. The van der Waals surface area contributed by atoms with E-state index in [1.54, 1.807) is 7.11 Å². The molecule has 0 spiro atoms. The fourth-order valence-corrected chi connectivity index (χ4v) is 2.47. The number of methoxy groups -OCH3 is 1. The number of aromatic amines is 1. The van der Waals surface area contributed by atoms with Crippen LogP contribution in [0.15, 0.2) is 42.5 Å². The van der Waals surface area contributed by atoms with Crippen molar-refractivity contribution in [3.63, 3.8) is 0 Å². The van der Waals surface area contributed by atoms with Crippen molar-refractivity contribution in [3.8, 4) is 17.2 Å². The molecule has 1 aromatic heterocycles. The van der Waals surface area contributed by atoms with Gasteiger partial charge in [0.2, 0.25) is 0 Å². The van der Waals surface area contributed by atoms with Gasteiger partial charge in [-0.05, 0) is 42.3 Å². The first-order chi connectivity index (χ1) is 11.1. The Morgan fingerprint density at radius 1 is 1.17 bits per heavy atom. The maximum atomic E-state index is 8.87. The smallest absolute Gasteiger partial charge is 0.126 e. The highest BCUT2D eigenvalue weighted by Gasteiger charge is 2.18. The van der Waals surface area contributed by atoms with E-state index in [1.807, 2.05) is 49.4 Å². The first kappa shape index (κ1) is 15.2. The Labute approximate surface area is 134 Å². The predicted octanol–water partition coefficient (Wildman–Crippen LogP) is 3.14. The van der Waals surface area contributed by atoms with Crippen molar-refractivity contribution >= 4 is 11.0 Å². The largest absolute Gasteiger partial charge is 0.380 e. The lowest BCUT2D eigenvalue weighted by Gasteiger charge is -2.15. The molecular weight excluding hydrogens is 288 g/mol. The van der Waals surface area contributed by atoms with Crippen molar-refractivity contribution in [1.29, 1.82) is 5.26 Å². The first-order valence-corrected chi connectivity index (χ1v) is 7.41. The van der Waals surface area contributed by atoms with Crippen molar-refractivity contribution in [2.45, 2.75) is 19.1 Å². The van der Waals surface area contributed by atoms with E-state index in [9.17, 15) is 0 Å². The number of nitrogens with zero attached hydrogens (tertiary/aromatic N) is 2. The molecule has 0 fully saturated rings. The third kappa shape index (κ3) is 2.95. The van der Waals surface area contributed by atoms with Crippen LogP contribution in [-0.2, 0) is 4.74 Å². The fraction of sp³-hybridized carbons (Fsp3) is 0.222. The van der Waals surface area contributed by atoms with Crippen molar-refractivity contribution in [2.75, 3.05) is 7.11 Å². The molecule has 3 rings (SSSR count). The Bertz CT molecular complexity index is 861. The number of hydrogen-bond acceptors (Lipinski definition) is 4. The molecule has 5 nitrogen and oxygen atoms in total. The summed E-state index contributed by atoms with van der Waals surface area (Å²) in [5.74, 6) is 0.714. The summed E-state index contributed by atoms with van der Waals surface area (Å²) in [6.45, 7) is 1.92. The highest BCUT2D eigenvalue weighted by Crippen LogP contribution is 2.25. The molecule has 23 heavy (non-hydrogen) atoms. The van der Waals surface area contributed by atoms with Gasteiger partial charge in [0.25, 0.3) is 0 Å². The highest BCUT2D eigenvalue weighted by molar-refractivity contribution is 5.82. The fourth-order valence-electron chi connectivity index (χ4n) is 2.47. The van der Waals surface area contributed by atoms with Crippen molar-refractivity contribution in [1.82, 2.24) is 9.97 Å². The molecule has 0 bridgehead atoms. The molecule has 2 aromatic carbocycles. The van der Waals surface area contributed by atoms with E-state index in [0.29, 0.717) is 11.4 Å². The number of nitrogens with one attached hydrogen (secondary N) is 1. The second-order valence-corrected chi connectivity index (χ2v) is 5.51. The Hall–Kier alpha value is -2.68. The topological polar surface area (TPSA) is 87.7 Å². The monoisotopic (exact) mass is 306 g/mol. The highest BCUT2D eigenvalue weighted by atomic mass is 16.5. The van der Waals surface area contributed by atoms with Crippen LogP contribution >= 0.6 is 0 Å². The first-order valence-electron chi connectivity index (χ1n) is 7.41. The maximum absolute atomic E-state index is 8.87. The number of rotatable bonds is 4. The van der Waals surface area contributed by atoms with E-state index < -0.39 is 0 Å². The molecule has 0 radical (unpaired) electrons. The molecule has 0 aliphatic carbocycles. The van der Waals surface area contributed by atoms with Crippen LogP contribution in [0.4, 0.5) is 0 Å². The van der Waals surface area contributed by atoms with Crippen molar-refractivity contribution in [2.24, 2.45) is 5.73 Å². The summed E-state index contributed by atoms with van der Waals surface area (Å²) in [4.78, 5) is 7.84. The average molecular weight is 306 g/mol. The van der Waals surface area contributed by atoms with Gasteiger partial charge < -0.3 is 15.5 Å². The summed E-state index contributed by atoms with van der Waals surface area (Å²) in [5.41, 5.74) is 10.7. The second-order valence-electron chi connectivity index (χ2n) is 5.51. The predicted molar refractivity (Wildman–Crippen MR) is 89.6 cm³/mol. The molecular formula is C18H18N4O. The summed E-state index contributed by atoms with van der Waals surface area (Å²) in [5, 5.41) is 8.87. The maximum Gasteiger partial charge on any atom is 0.126 e. The third-order valence-corrected chi connectivity index (χ3v) is 4.04. The van der Waals surface area contributed by atoms with Crippen LogP contribution in [0.25, 0.3) is 22.2 Å². The molecule has 0 aliphatic heterocycles. The standard InChI is InChI=1S/C18H18N4O/c1-11(23-2)17(20)18-21-15-8-7-14(9-16(15)22-18)13-5-3-12(10-19)4-6-13/h3-9,11,17H,20H2,1-2H3,(H,21,22)/t11-,17+/m0/s1. The number of fused-ring (bicyclic) bond motifs is 1. The van der Waals surface area contributed by atoms with E-state index in [0.717, 1.165) is 22.2 Å². The van der Waals surface area contributed by atoms with Crippen molar-refractivity contribution in [3.05, 3.63) is 53.9 Å². The molecule has 3 N–H and O–H groups in total. The van der Waals surface area contributed by atoms with Gasteiger partial charge in [0.1, 0.15) is 5.82 Å². The zero-order chi connectivity index (χ0) is 16.4. The van der Waals surface area contributed by atoms with Gasteiger partial charge in [-0.1, -0.05) is 18.2 Å². The van der Waals surface area contributed by atoms with Crippen LogP contribution in [0, 0.1) is 11.3 Å². The van der Waals surface area contributed by atoms with Crippen molar-refractivity contribution < 1.29 is 4.74 Å². The molecule has 2 atom stereocenters. The second kappa shape index (κ2) is 6.21. The molecule has 5 heteroatoms. The summed E-state index contributed by atoms with van der Waals surface area (Å²) in [6, 6.07) is 15.3. The number of ether oxygens (including phenoxy) is 1. The molecule has 0 aliphatic rings. The molecule has 0 unspecified atom stereocenters. The molecule has 116 valence electrons. The Kier molecular flexibility index (Phi) is 4.11. The van der Waals surface area contributed by atoms with Gasteiger partial charge in [0, 0.05) is 7.11 Å². The van der Waals surface area contributed by atoms with Gasteiger partial charge in [0.15, 0.2) is 0 Å². The van der Waals surface area contributed by atoms with Crippen LogP contribution < -0.4 is 5.73 Å². The minimum atomic E-state index is -0.300. The average Bonchev–Trinajstić information content (AvgIpc) is 3.03. The number of imidazole rings is 1. The minimum absolute atomic E-state index is 0.117. The Morgan fingerprint density at radius 3 is 2.52 bits per heavy atom. The molecule has 0 saturated carbocycles. The third-order valence-electron chi connectivity index (χ3n) is 4.04. The summed E-state index contributed by atoms with van der Waals surface area (Å²) in [6.07, 6.45) is -0.117. The zero-order valence-corrected chi connectivity index (χ0v) is 13.1. The lowest BCUT2D eigenvalue weighted by atomic mass is 10.0. The molecule has 0 saturated heterocycles. The number of aromatic nitrogens is 2. The Morgan fingerprint density at radius 2 is 1.87 bits per heavy atom. The number of nitrogens with two attached hydrogens (primary N) is 1. The molecule has 0 amide bonds. The number of nitriles is 1. The normalized spacial score (nSPS) is 13.7. The molecule has 3 aromatic rings. The van der Waals surface area contributed by atoms with E-state index in [1.165, 1.54) is 0 Å². The van der Waals surface area contributed by atoms with E-state index in [-0.39, 0.29) is 12.1 Å². The quantitative estimate of drug-likeness (QED) is 0.775. The van der Waals surface area contributed by atoms with Crippen LogP contribution in [0.2, 0.25) is 0 Å². The zero-order valence-electron chi connectivity index (χ0n) is 13.1. The lowest BCUT2D eigenvalue weighted by molar-refractivity contribution is 0.0935. The minimum Gasteiger partial charge on any atom is -0.380 e. The number of benzene rings is 2. The van der Waals surface area contributed by atoms with Gasteiger partial charge in [-0.15, -0.1) is 0 Å². The number of hydrogen-bond donors (Lipinski definition) is 2. The van der Waals surface area contributed by atoms with E-state index in [4.69, 9.17) is 15.7 Å². The van der Waals surface area contributed by atoms with Gasteiger partial charge >= 0.3 is 0 Å².